The molecule has 0 spiro atoms. The van der Waals surface area contributed by atoms with Crippen LogP contribution in [0, 0.1) is 0 Å². The number of rotatable bonds is 5. The van der Waals surface area contributed by atoms with Gasteiger partial charge in [0.25, 0.3) is 0 Å². The van der Waals surface area contributed by atoms with Gasteiger partial charge in [-0.3, -0.25) is 4.79 Å². The number of methoxy groups -OCH3 is 2. The second-order valence-corrected chi connectivity index (χ2v) is 5.08. The fourth-order valence-electron chi connectivity index (χ4n) is 2.01. The van der Waals surface area contributed by atoms with Gasteiger partial charge >= 0.3 is 5.97 Å². The third-order valence-corrected chi connectivity index (χ3v) is 3.23. The quantitative estimate of drug-likeness (QED) is 0.906. The van der Waals surface area contributed by atoms with Gasteiger partial charge in [-0.1, -0.05) is 13.8 Å². The van der Waals surface area contributed by atoms with Crippen molar-refractivity contribution in [1.29, 1.82) is 0 Å². The molecule has 0 aromatic heterocycles. The third kappa shape index (κ3) is 2.96. The van der Waals surface area contributed by atoms with E-state index in [1.54, 1.807) is 20.3 Å². The summed E-state index contributed by atoms with van der Waals surface area (Å²) in [4.78, 5) is 10.9. The number of hydrogen-bond acceptors (Lipinski definition) is 3. The lowest BCUT2D eigenvalue weighted by atomic mass is 9.93. The number of carboxylic acids is 1. The van der Waals surface area contributed by atoms with Crippen LogP contribution in [0.2, 0.25) is 0 Å². The van der Waals surface area contributed by atoms with Crippen molar-refractivity contribution in [3.8, 4) is 11.5 Å². The molecule has 0 aliphatic rings. The van der Waals surface area contributed by atoms with Crippen molar-refractivity contribution in [2.45, 2.75) is 26.2 Å². The summed E-state index contributed by atoms with van der Waals surface area (Å²) in [5.74, 6) is 0.473. The van der Waals surface area contributed by atoms with E-state index in [0.717, 1.165) is 11.1 Å². The predicted molar refractivity (Wildman–Crippen MR) is 72.7 cm³/mol. The Morgan fingerprint density at radius 1 is 1.33 bits per heavy atom. The van der Waals surface area contributed by atoms with Gasteiger partial charge in [0, 0.05) is 5.56 Å². The average Bonchev–Trinajstić information content (AvgIpc) is 2.26. The summed E-state index contributed by atoms with van der Waals surface area (Å²) in [7, 11) is 3.12. The Morgan fingerprint density at radius 3 is 2.28 bits per heavy atom. The first-order valence-corrected chi connectivity index (χ1v) is 6.36. The number of carbonyl (C=O) groups is 1. The molecular weight excluding hydrogens is 300 g/mol. The van der Waals surface area contributed by atoms with E-state index in [2.05, 4.69) is 15.9 Å². The number of ether oxygens (including phenoxy) is 2. The molecule has 0 atom stereocenters. The standard InChI is InChI=1S/C13H17BrO4/c1-7(2)11-8(6-10(15)16)5-9(14)12(17-3)13(11)18-4/h5,7H,6H2,1-4H3,(H,15,16). The molecule has 1 aromatic rings. The van der Waals surface area contributed by atoms with Gasteiger partial charge in [-0.25, -0.2) is 0 Å². The van der Waals surface area contributed by atoms with Gasteiger partial charge in [0.15, 0.2) is 11.5 Å². The lowest BCUT2D eigenvalue weighted by Gasteiger charge is -2.20. The first-order valence-electron chi connectivity index (χ1n) is 5.57. The molecule has 0 aliphatic carbocycles. The largest absolute Gasteiger partial charge is 0.493 e. The SMILES string of the molecule is COc1c(Br)cc(CC(=O)O)c(C(C)C)c1OC. The molecule has 0 radical (unpaired) electrons. The highest BCUT2D eigenvalue weighted by Gasteiger charge is 2.21. The van der Waals surface area contributed by atoms with Gasteiger partial charge in [0.2, 0.25) is 0 Å². The zero-order chi connectivity index (χ0) is 13.9. The molecule has 0 unspecified atom stereocenters. The first-order chi connectivity index (χ1) is 8.42. The van der Waals surface area contributed by atoms with E-state index in [1.165, 1.54) is 0 Å². The Morgan fingerprint density at radius 2 is 1.89 bits per heavy atom. The van der Waals surface area contributed by atoms with E-state index in [9.17, 15) is 4.79 Å². The summed E-state index contributed by atoms with van der Waals surface area (Å²) >= 11 is 3.37. The van der Waals surface area contributed by atoms with E-state index in [4.69, 9.17) is 14.6 Å². The lowest BCUT2D eigenvalue weighted by Crippen LogP contribution is -2.08. The van der Waals surface area contributed by atoms with Gasteiger partial charge in [0.1, 0.15) is 0 Å². The van der Waals surface area contributed by atoms with Crippen molar-refractivity contribution in [3.63, 3.8) is 0 Å². The normalized spacial score (nSPS) is 10.6. The zero-order valence-corrected chi connectivity index (χ0v) is 12.5. The minimum absolute atomic E-state index is 0.0353. The maximum atomic E-state index is 10.9. The van der Waals surface area contributed by atoms with Crippen LogP contribution >= 0.6 is 15.9 Å². The second-order valence-electron chi connectivity index (χ2n) is 4.22. The predicted octanol–water partition coefficient (Wildman–Crippen LogP) is 3.22. The number of hydrogen-bond donors (Lipinski definition) is 1. The molecule has 0 aliphatic heterocycles. The van der Waals surface area contributed by atoms with Crippen molar-refractivity contribution >= 4 is 21.9 Å². The highest BCUT2D eigenvalue weighted by atomic mass is 79.9. The Kier molecular flexibility index (Phi) is 5.02. The van der Waals surface area contributed by atoms with E-state index in [0.29, 0.717) is 16.0 Å². The Labute approximate surface area is 115 Å². The van der Waals surface area contributed by atoms with Crippen LogP contribution in [0.3, 0.4) is 0 Å². The van der Waals surface area contributed by atoms with Gasteiger partial charge in [-0.05, 0) is 33.5 Å². The molecule has 0 fully saturated rings. The average molecular weight is 317 g/mol. The third-order valence-electron chi connectivity index (χ3n) is 2.64. The van der Waals surface area contributed by atoms with Crippen LogP contribution < -0.4 is 9.47 Å². The molecule has 1 N–H and O–H groups in total. The lowest BCUT2D eigenvalue weighted by molar-refractivity contribution is -0.136. The summed E-state index contributed by atoms with van der Waals surface area (Å²) in [6.45, 7) is 3.99. The monoisotopic (exact) mass is 316 g/mol. The van der Waals surface area contributed by atoms with Crippen molar-refractivity contribution in [3.05, 3.63) is 21.7 Å². The summed E-state index contributed by atoms with van der Waals surface area (Å²) < 4.78 is 11.4. The van der Waals surface area contributed by atoms with Crippen LogP contribution in [0.5, 0.6) is 11.5 Å². The van der Waals surface area contributed by atoms with Gasteiger partial charge < -0.3 is 14.6 Å². The van der Waals surface area contributed by atoms with Gasteiger partial charge in [-0.15, -0.1) is 0 Å². The van der Waals surface area contributed by atoms with Crippen LogP contribution in [-0.2, 0) is 11.2 Å². The minimum Gasteiger partial charge on any atom is -0.493 e. The Bertz CT molecular complexity index is 455. The van der Waals surface area contributed by atoms with E-state index in [1.807, 2.05) is 13.8 Å². The molecule has 0 bridgehead atoms. The Hall–Kier alpha value is -1.23. The number of carboxylic acid groups (broad SMARTS) is 1. The van der Waals surface area contributed by atoms with Gasteiger partial charge in [0.05, 0.1) is 25.1 Å². The highest BCUT2D eigenvalue weighted by Crippen LogP contribution is 2.43. The maximum absolute atomic E-state index is 10.9. The smallest absolute Gasteiger partial charge is 0.307 e. The summed E-state index contributed by atoms with van der Waals surface area (Å²) in [6.07, 6.45) is -0.0353. The molecular formula is C13H17BrO4. The fraction of sp³-hybridized carbons (Fsp3) is 0.462. The van der Waals surface area contributed by atoms with Crippen molar-refractivity contribution in [1.82, 2.24) is 0 Å². The second kappa shape index (κ2) is 6.09. The molecule has 100 valence electrons. The summed E-state index contributed by atoms with van der Waals surface area (Å²) in [5, 5.41) is 8.97. The first kappa shape index (κ1) is 14.8. The Balaban J connectivity index is 3.51. The number of halogens is 1. The van der Waals surface area contributed by atoms with Crippen LogP contribution in [0.25, 0.3) is 0 Å². The highest BCUT2D eigenvalue weighted by molar-refractivity contribution is 9.10. The fourth-order valence-corrected chi connectivity index (χ4v) is 2.63. The molecule has 1 aromatic carbocycles. The molecule has 1 rings (SSSR count). The molecule has 0 saturated heterocycles. The van der Waals surface area contributed by atoms with Gasteiger partial charge in [-0.2, -0.15) is 0 Å². The van der Waals surface area contributed by atoms with Crippen molar-refractivity contribution in [2.24, 2.45) is 0 Å². The van der Waals surface area contributed by atoms with E-state index < -0.39 is 5.97 Å². The topological polar surface area (TPSA) is 55.8 Å². The zero-order valence-electron chi connectivity index (χ0n) is 10.9. The minimum atomic E-state index is -0.865. The molecule has 5 heteroatoms. The van der Waals surface area contributed by atoms with Crippen LogP contribution in [0.4, 0.5) is 0 Å². The number of aliphatic carboxylic acids is 1. The molecule has 18 heavy (non-hydrogen) atoms. The summed E-state index contributed by atoms with van der Waals surface area (Å²) in [5.41, 5.74) is 1.61. The number of benzene rings is 1. The molecule has 4 nitrogen and oxygen atoms in total. The van der Waals surface area contributed by atoms with E-state index >= 15 is 0 Å². The van der Waals surface area contributed by atoms with Crippen LogP contribution in [-0.4, -0.2) is 25.3 Å². The van der Waals surface area contributed by atoms with Crippen molar-refractivity contribution < 1.29 is 19.4 Å². The molecule has 0 heterocycles. The molecule has 0 saturated carbocycles. The molecule has 0 amide bonds. The van der Waals surface area contributed by atoms with Crippen LogP contribution in [0.15, 0.2) is 10.5 Å². The van der Waals surface area contributed by atoms with E-state index in [-0.39, 0.29) is 12.3 Å². The van der Waals surface area contributed by atoms with Crippen LogP contribution in [0.1, 0.15) is 30.9 Å². The summed E-state index contributed by atoms with van der Waals surface area (Å²) in [6, 6.07) is 1.78. The maximum Gasteiger partial charge on any atom is 0.307 e. The van der Waals surface area contributed by atoms with Crippen molar-refractivity contribution in [2.75, 3.05) is 14.2 Å².